The minimum Gasteiger partial charge on any atom is -0.381 e. The van der Waals surface area contributed by atoms with Crippen LogP contribution in [0.15, 0.2) is 0 Å². The molecule has 1 amide bonds. The maximum Gasteiger partial charge on any atom is 0.225 e. The lowest BCUT2D eigenvalue weighted by atomic mass is 9.76. The highest BCUT2D eigenvalue weighted by atomic mass is 16.5. The van der Waals surface area contributed by atoms with Crippen LogP contribution in [0.2, 0.25) is 0 Å². The fourth-order valence-corrected chi connectivity index (χ4v) is 4.41. The first-order chi connectivity index (χ1) is 11.7. The summed E-state index contributed by atoms with van der Waals surface area (Å²) < 4.78 is 17.2. The van der Waals surface area contributed by atoms with Gasteiger partial charge in [0, 0.05) is 38.8 Å². The SMILES string of the molecule is O=C(C1CCOCC1)N1CCC2(CC1)COC(COCC1CC1)C2. The van der Waals surface area contributed by atoms with Crippen molar-refractivity contribution in [2.45, 2.75) is 51.0 Å². The van der Waals surface area contributed by atoms with E-state index in [1.807, 2.05) is 0 Å². The van der Waals surface area contributed by atoms with Crippen molar-refractivity contribution in [3.8, 4) is 0 Å². The van der Waals surface area contributed by atoms with Crippen LogP contribution >= 0.6 is 0 Å². The predicted molar refractivity (Wildman–Crippen MR) is 89.7 cm³/mol. The van der Waals surface area contributed by atoms with Crippen LogP contribution in [0.5, 0.6) is 0 Å². The third kappa shape index (κ3) is 3.94. The number of piperidine rings is 1. The fourth-order valence-electron chi connectivity index (χ4n) is 4.41. The third-order valence-electron chi connectivity index (χ3n) is 6.35. The van der Waals surface area contributed by atoms with Crippen molar-refractivity contribution < 1.29 is 19.0 Å². The van der Waals surface area contributed by atoms with Gasteiger partial charge in [0.25, 0.3) is 0 Å². The Morgan fingerprint density at radius 1 is 1.08 bits per heavy atom. The largest absolute Gasteiger partial charge is 0.381 e. The van der Waals surface area contributed by atoms with Gasteiger partial charge in [-0.1, -0.05) is 0 Å². The summed E-state index contributed by atoms with van der Waals surface area (Å²) in [5, 5.41) is 0. The normalized spacial score (nSPS) is 30.8. The van der Waals surface area contributed by atoms with Crippen LogP contribution in [-0.4, -0.2) is 63.0 Å². The number of carbonyl (C=O) groups is 1. The van der Waals surface area contributed by atoms with Crippen molar-refractivity contribution >= 4 is 5.91 Å². The van der Waals surface area contributed by atoms with Gasteiger partial charge in [-0.2, -0.15) is 0 Å². The molecule has 0 bridgehead atoms. The van der Waals surface area contributed by atoms with Gasteiger partial charge in [0.15, 0.2) is 0 Å². The Labute approximate surface area is 145 Å². The fraction of sp³-hybridized carbons (Fsp3) is 0.947. The average molecular weight is 337 g/mol. The molecular weight excluding hydrogens is 306 g/mol. The molecule has 0 aromatic heterocycles. The molecule has 3 heterocycles. The molecule has 4 rings (SSSR count). The van der Waals surface area contributed by atoms with E-state index in [0.29, 0.717) is 11.3 Å². The highest BCUT2D eigenvalue weighted by molar-refractivity contribution is 5.79. The van der Waals surface area contributed by atoms with Gasteiger partial charge in [-0.3, -0.25) is 4.79 Å². The number of rotatable bonds is 5. The van der Waals surface area contributed by atoms with E-state index >= 15 is 0 Å². The summed E-state index contributed by atoms with van der Waals surface area (Å²) in [6.45, 7) is 5.80. The molecular formula is C19H31NO4. The van der Waals surface area contributed by atoms with Crippen molar-refractivity contribution in [3.05, 3.63) is 0 Å². The van der Waals surface area contributed by atoms with Gasteiger partial charge in [0.1, 0.15) is 0 Å². The van der Waals surface area contributed by atoms with E-state index < -0.39 is 0 Å². The van der Waals surface area contributed by atoms with Crippen LogP contribution in [0.1, 0.15) is 44.9 Å². The number of hydrogen-bond acceptors (Lipinski definition) is 4. The minimum atomic E-state index is 0.191. The van der Waals surface area contributed by atoms with Gasteiger partial charge in [-0.25, -0.2) is 0 Å². The first kappa shape index (κ1) is 16.8. The molecule has 24 heavy (non-hydrogen) atoms. The smallest absolute Gasteiger partial charge is 0.225 e. The Kier molecular flexibility index (Phi) is 5.11. The number of amides is 1. The van der Waals surface area contributed by atoms with E-state index in [9.17, 15) is 4.79 Å². The lowest BCUT2D eigenvalue weighted by molar-refractivity contribution is -0.140. The van der Waals surface area contributed by atoms with Crippen molar-refractivity contribution in [2.75, 3.05) is 46.1 Å². The van der Waals surface area contributed by atoms with Crippen molar-refractivity contribution in [1.82, 2.24) is 4.90 Å². The first-order valence-corrected chi connectivity index (χ1v) is 9.80. The predicted octanol–water partition coefficient (Wildman–Crippen LogP) is 2.24. The van der Waals surface area contributed by atoms with Gasteiger partial charge in [-0.15, -0.1) is 0 Å². The van der Waals surface area contributed by atoms with Gasteiger partial charge in [0.05, 0.1) is 19.3 Å². The van der Waals surface area contributed by atoms with Crippen LogP contribution in [-0.2, 0) is 19.0 Å². The Balaban J connectivity index is 1.21. The average Bonchev–Trinajstić information content (AvgIpc) is 3.37. The molecule has 136 valence electrons. The molecule has 0 aromatic carbocycles. The highest BCUT2D eigenvalue weighted by Crippen LogP contribution is 2.42. The van der Waals surface area contributed by atoms with Gasteiger partial charge in [-0.05, 0) is 56.3 Å². The molecule has 5 heteroatoms. The molecule has 3 saturated heterocycles. The standard InChI is InChI=1S/C19H31NO4/c21-18(16-3-9-22-10-4-16)20-7-5-19(6-8-20)11-17(24-14-19)13-23-12-15-1-2-15/h15-17H,1-14H2. The number of carbonyl (C=O) groups excluding carboxylic acids is 1. The molecule has 0 aromatic rings. The van der Waals surface area contributed by atoms with Crippen LogP contribution in [0.25, 0.3) is 0 Å². The molecule has 5 nitrogen and oxygen atoms in total. The summed E-state index contributed by atoms with van der Waals surface area (Å²) >= 11 is 0. The zero-order valence-corrected chi connectivity index (χ0v) is 14.7. The topological polar surface area (TPSA) is 48.0 Å². The van der Waals surface area contributed by atoms with E-state index in [0.717, 1.165) is 84.1 Å². The quantitative estimate of drug-likeness (QED) is 0.772. The third-order valence-corrected chi connectivity index (χ3v) is 6.35. The summed E-state index contributed by atoms with van der Waals surface area (Å²) in [4.78, 5) is 14.7. The van der Waals surface area contributed by atoms with Crippen LogP contribution < -0.4 is 0 Å². The second-order valence-corrected chi connectivity index (χ2v) is 8.33. The Bertz CT molecular complexity index is 437. The van der Waals surface area contributed by atoms with E-state index in [4.69, 9.17) is 14.2 Å². The summed E-state index contributed by atoms with van der Waals surface area (Å²) in [5.74, 6) is 1.37. The van der Waals surface area contributed by atoms with Gasteiger partial charge < -0.3 is 19.1 Å². The second-order valence-electron chi connectivity index (χ2n) is 8.33. The van der Waals surface area contributed by atoms with E-state index in [2.05, 4.69) is 4.90 Å². The molecule has 0 N–H and O–H groups in total. The van der Waals surface area contributed by atoms with Crippen molar-refractivity contribution in [3.63, 3.8) is 0 Å². The highest BCUT2D eigenvalue weighted by Gasteiger charge is 2.43. The molecule has 1 saturated carbocycles. The van der Waals surface area contributed by atoms with E-state index in [-0.39, 0.29) is 12.0 Å². The van der Waals surface area contributed by atoms with E-state index in [1.165, 1.54) is 12.8 Å². The monoisotopic (exact) mass is 337 g/mol. The molecule has 1 atom stereocenters. The molecule has 1 aliphatic carbocycles. The number of likely N-dealkylation sites (tertiary alicyclic amines) is 1. The molecule has 0 radical (unpaired) electrons. The zero-order valence-electron chi connectivity index (χ0n) is 14.7. The summed E-state index contributed by atoms with van der Waals surface area (Å²) in [6.07, 6.45) is 8.01. The Morgan fingerprint density at radius 2 is 1.83 bits per heavy atom. The van der Waals surface area contributed by atoms with Crippen LogP contribution in [0, 0.1) is 17.3 Å². The van der Waals surface area contributed by atoms with Crippen molar-refractivity contribution in [1.29, 1.82) is 0 Å². The maximum absolute atomic E-state index is 12.7. The first-order valence-electron chi connectivity index (χ1n) is 9.80. The summed E-state index contributed by atoms with van der Waals surface area (Å²) in [5.41, 5.74) is 0.292. The molecule has 1 spiro atoms. The van der Waals surface area contributed by atoms with Crippen LogP contribution in [0.3, 0.4) is 0 Å². The maximum atomic E-state index is 12.7. The second kappa shape index (κ2) is 7.30. The summed E-state index contributed by atoms with van der Waals surface area (Å²) in [6, 6.07) is 0. The zero-order chi connectivity index (χ0) is 16.4. The van der Waals surface area contributed by atoms with Crippen molar-refractivity contribution in [2.24, 2.45) is 17.3 Å². The minimum absolute atomic E-state index is 0.191. The number of ether oxygens (including phenoxy) is 3. The lowest BCUT2D eigenvalue weighted by Gasteiger charge is -2.40. The number of nitrogens with zero attached hydrogens (tertiary/aromatic N) is 1. The Morgan fingerprint density at radius 3 is 2.54 bits per heavy atom. The van der Waals surface area contributed by atoms with Crippen LogP contribution in [0.4, 0.5) is 0 Å². The molecule has 3 aliphatic heterocycles. The number of hydrogen-bond donors (Lipinski definition) is 0. The Hall–Kier alpha value is -0.650. The van der Waals surface area contributed by atoms with Gasteiger partial charge in [0.2, 0.25) is 5.91 Å². The van der Waals surface area contributed by atoms with E-state index in [1.54, 1.807) is 0 Å². The molecule has 1 unspecified atom stereocenters. The molecule has 4 aliphatic rings. The molecule has 4 fully saturated rings. The lowest BCUT2D eigenvalue weighted by Crippen LogP contribution is -2.46. The van der Waals surface area contributed by atoms with Gasteiger partial charge >= 0.3 is 0 Å². The summed E-state index contributed by atoms with van der Waals surface area (Å²) in [7, 11) is 0.